The third kappa shape index (κ3) is 2.80. The average molecular weight is 315 g/mol. The molecule has 0 spiro atoms. The first-order valence-electron chi connectivity index (χ1n) is 7.72. The van der Waals surface area contributed by atoms with Gasteiger partial charge in [0.1, 0.15) is 23.2 Å². The van der Waals surface area contributed by atoms with E-state index in [9.17, 15) is 5.26 Å². The van der Waals surface area contributed by atoms with E-state index in [4.69, 9.17) is 10.5 Å². The van der Waals surface area contributed by atoms with E-state index in [1.807, 2.05) is 61.5 Å². The summed E-state index contributed by atoms with van der Waals surface area (Å²) in [4.78, 5) is 4.20. The number of nitriles is 1. The van der Waals surface area contributed by atoms with E-state index >= 15 is 0 Å². The average Bonchev–Trinajstić information content (AvgIpc) is 2.63. The number of anilines is 1. The number of nitrogens with zero attached hydrogens (tertiary/aromatic N) is 2. The van der Waals surface area contributed by atoms with Crippen molar-refractivity contribution < 1.29 is 4.74 Å². The number of ether oxygens (including phenoxy) is 1. The summed E-state index contributed by atoms with van der Waals surface area (Å²) in [5, 5.41) is 9.64. The first-order chi connectivity index (χ1) is 11.8. The number of hydrogen-bond donors (Lipinski definition) is 1. The minimum absolute atomic E-state index is 0.221. The lowest BCUT2D eigenvalue weighted by Crippen LogP contribution is -2.01. The highest BCUT2D eigenvalue weighted by atomic mass is 16.5. The topological polar surface area (TPSA) is 71.9 Å². The number of nitrogen functional groups attached to an aromatic ring is 1. The Labute approximate surface area is 141 Å². The predicted octanol–water partition coefficient (Wildman–Crippen LogP) is 4.27. The number of para-hydroxylation sites is 1. The van der Waals surface area contributed by atoms with Gasteiger partial charge in [-0.3, -0.25) is 0 Å². The molecule has 0 saturated carbocycles. The summed E-state index contributed by atoms with van der Waals surface area (Å²) in [5.74, 6) is 0.942. The second-order valence-electron chi connectivity index (χ2n) is 5.21. The van der Waals surface area contributed by atoms with Crippen molar-refractivity contribution in [1.82, 2.24) is 4.98 Å². The molecule has 2 aromatic carbocycles. The third-order valence-electron chi connectivity index (χ3n) is 3.76. The van der Waals surface area contributed by atoms with Crippen LogP contribution in [-0.4, -0.2) is 11.6 Å². The Morgan fingerprint density at radius 2 is 1.75 bits per heavy atom. The predicted molar refractivity (Wildman–Crippen MR) is 95.4 cm³/mol. The highest BCUT2D eigenvalue weighted by Crippen LogP contribution is 2.40. The first-order valence-corrected chi connectivity index (χ1v) is 7.72. The zero-order chi connectivity index (χ0) is 16.9. The number of rotatable bonds is 4. The first kappa shape index (κ1) is 15.6. The van der Waals surface area contributed by atoms with Gasteiger partial charge in [0.15, 0.2) is 0 Å². The largest absolute Gasteiger partial charge is 0.493 e. The molecule has 3 rings (SSSR count). The normalized spacial score (nSPS) is 10.2. The van der Waals surface area contributed by atoms with Gasteiger partial charge in [-0.1, -0.05) is 48.5 Å². The molecule has 0 aliphatic carbocycles. The fourth-order valence-electron chi connectivity index (χ4n) is 2.71. The van der Waals surface area contributed by atoms with Gasteiger partial charge in [0, 0.05) is 22.9 Å². The molecule has 0 atom stereocenters. The molecule has 118 valence electrons. The number of benzene rings is 2. The molecule has 24 heavy (non-hydrogen) atoms. The van der Waals surface area contributed by atoms with E-state index in [1.165, 1.54) is 0 Å². The summed E-state index contributed by atoms with van der Waals surface area (Å²) in [6.45, 7) is 2.47. The molecule has 3 aromatic rings. The molecule has 0 aliphatic heterocycles. The van der Waals surface area contributed by atoms with Crippen LogP contribution in [0.25, 0.3) is 22.3 Å². The van der Waals surface area contributed by atoms with E-state index in [0.29, 0.717) is 12.2 Å². The summed E-state index contributed by atoms with van der Waals surface area (Å²) in [5.41, 5.74) is 9.75. The Kier molecular flexibility index (Phi) is 4.44. The maximum atomic E-state index is 9.64. The zero-order valence-electron chi connectivity index (χ0n) is 13.4. The highest BCUT2D eigenvalue weighted by Gasteiger charge is 2.19. The SMILES string of the molecule is CCOc1ccccc1-c1c(-c2ccccc2)cnc(N)c1C#N. The highest BCUT2D eigenvalue weighted by molar-refractivity contribution is 5.91. The number of pyridine rings is 1. The summed E-state index contributed by atoms with van der Waals surface area (Å²) < 4.78 is 5.75. The van der Waals surface area contributed by atoms with Crippen LogP contribution in [0.3, 0.4) is 0 Å². The molecule has 0 saturated heterocycles. The molecule has 1 heterocycles. The lowest BCUT2D eigenvalue weighted by molar-refractivity contribution is 0.341. The van der Waals surface area contributed by atoms with Crippen LogP contribution < -0.4 is 10.5 Å². The third-order valence-corrected chi connectivity index (χ3v) is 3.76. The molecule has 1 aromatic heterocycles. The molecule has 0 bridgehead atoms. The van der Waals surface area contributed by atoms with Crippen LogP contribution in [0.1, 0.15) is 12.5 Å². The summed E-state index contributed by atoms with van der Waals surface area (Å²) in [6, 6.07) is 19.7. The second kappa shape index (κ2) is 6.84. The van der Waals surface area contributed by atoms with Crippen molar-refractivity contribution in [3.05, 3.63) is 66.4 Å². The van der Waals surface area contributed by atoms with E-state index in [0.717, 1.165) is 28.0 Å². The van der Waals surface area contributed by atoms with Crippen molar-refractivity contribution in [1.29, 1.82) is 5.26 Å². The Morgan fingerprint density at radius 1 is 1.04 bits per heavy atom. The van der Waals surface area contributed by atoms with Crippen LogP contribution in [-0.2, 0) is 0 Å². The second-order valence-corrected chi connectivity index (χ2v) is 5.21. The fourth-order valence-corrected chi connectivity index (χ4v) is 2.71. The molecule has 0 radical (unpaired) electrons. The van der Waals surface area contributed by atoms with Gasteiger partial charge in [0.05, 0.1) is 6.61 Å². The number of hydrogen-bond acceptors (Lipinski definition) is 4. The minimum atomic E-state index is 0.221. The van der Waals surface area contributed by atoms with Crippen LogP contribution >= 0.6 is 0 Å². The van der Waals surface area contributed by atoms with Crippen molar-refractivity contribution in [3.63, 3.8) is 0 Å². The van der Waals surface area contributed by atoms with Gasteiger partial charge in [-0.2, -0.15) is 5.26 Å². The van der Waals surface area contributed by atoms with E-state index in [2.05, 4.69) is 11.1 Å². The van der Waals surface area contributed by atoms with E-state index < -0.39 is 0 Å². The molecule has 0 aliphatic rings. The van der Waals surface area contributed by atoms with Crippen molar-refractivity contribution in [2.24, 2.45) is 0 Å². The number of nitrogens with two attached hydrogens (primary N) is 1. The van der Waals surface area contributed by atoms with Gasteiger partial charge in [0.2, 0.25) is 0 Å². The van der Waals surface area contributed by atoms with E-state index in [-0.39, 0.29) is 5.82 Å². The van der Waals surface area contributed by atoms with Crippen molar-refractivity contribution in [2.45, 2.75) is 6.92 Å². The van der Waals surface area contributed by atoms with Gasteiger partial charge in [-0.05, 0) is 18.6 Å². The van der Waals surface area contributed by atoms with Gasteiger partial charge in [0.25, 0.3) is 0 Å². The summed E-state index contributed by atoms with van der Waals surface area (Å²) >= 11 is 0. The fraction of sp³-hybridized carbons (Fsp3) is 0.100. The van der Waals surface area contributed by atoms with Crippen LogP contribution in [0.5, 0.6) is 5.75 Å². The van der Waals surface area contributed by atoms with Crippen molar-refractivity contribution >= 4 is 5.82 Å². The Bertz CT molecular complexity index is 899. The number of aromatic nitrogens is 1. The summed E-state index contributed by atoms with van der Waals surface area (Å²) in [6.07, 6.45) is 1.71. The molecule has 0 unspecified atom stereocenters. The molecular weight excluding hydrogens is 298 g/mol. The smallest absolute Gasteiger partial charge is 0.141 e. The summed E-state index contributed by atoms with van der Waals surface area (Å²) in [7, 11) is 0. The molecular formula is C20H17N3O. The minimum Gasteiger partial charge on any atom is -0.493 e. The van der Waals surface area contributed by atoms with Gasteiger partial charge in [-0.25, -0.2) is 4.98 Å². The van der Waals surface area contributed by atoms with Gasteiger partial charge in [-0.15, -0.1) is 0 Å². The van der Waals surface area contributed by atoms with Crippen LogP contribution in [0.2, 0.25) is 0 Å². The Hall–Kier alpha value is -3.32. The monoisotopic (exact) mass is 315 g/mol. The maximum Gasteiger partial charge on any atom is 0.141 e. The molecule has 4 nitrogen and oxygen atoms in total. The maximum absolute atomic E-state index is 9.64. The van der Waals surface area contributed by atoms with Crippen molar-refractivity contribution in [3.8, 4) is 34.1 Å². The van der Waals surface area contributed by atoms with E-state index in [1.54, 1.807) is 6.20 Å². The lowest BCUT2D eigenvalue weighted by atomic mass is 9.92. The standard InChI is InChI=1S/C20H17N3O/c1-2-24-18-11-7-6-10-15(18)19-16(12-21)20(22)23-13-17(19)14-8-4-3-5-9-14/h3-11,13H,2H2,1H3,(H2,22,23). The van der Waals surface area contributed by atoms with Crippen LogP contribution in [0.15, 0.2) is 60.8 Å². The molecule has 0 fully saturated rings. The molecule has 2 N–H and O–H groups in total. The Balaban J connectivity index is 2.34. The zero-order valence-corrected chi connectivity index (χ0v) is 13.4. The quantitative estimate of drug-likeness (QED) is 0.780. The van der Waals surface area contributed by atoms with Crippen LogP contribution in [0.4, 0.5) is 5.82 Å². The van der Waals surface area contributed by atoms with Gasteiger partial charge < -0.3 is 10.5 Å². The molecule has 4 heteroatoms. The lowest BCUT2D eigenvalue weighted by Gasteiger charge is -2.16. The van der Waals surface area contributed by atoms with Crippen molar-refractivity contribution in [2.75, 3.05) is 12.3 Å². The molecule has 0 amide bonds. The van der Waals surface area contributed by atoms with Gasteiger partial charge >= 0.3 is 0 Å². The Morgan fingerprint density at radius 3 is 2.46 bits per heavy atom. The van der Waals surface area contributed by atoms with Crippen LogP contribution in [0, 0.1) is 11.3 Å².